The van der Waals surface area contributed by atoms with Crippen LogP contribution in [-0.4, -0.2) is 88.9 Å². The molecule has 6 atom stereocenters. The zero-order valence-corrected chi connectivity index (χ0v) is 43.1. The molecule has 3 aromatic rings. The molecule has 0 aromatic heterocycles. The van der Waals surface area contributed by atoms with Gasteiger partial charge < -0.3 is 15.3 Å². The second-order valence-electron chi connectivity index (χ2n) is 18.1. The van der Waals surface area contributed by atoms with E-state index in [1.54, 1.807) is 68.5 Å². The van der Waals surface area contributed by atoms with E-state index in [-0.39, 0.29) is 53.5 Å². The smallest absolute Gasteiger partial charge is 0.133 e. The number of benzene rings is 3. The first-order valence-electron chi connectivity index (χ1n) is 25.5. The highest BCUT2D eigenvalue weighted by molar-refractivity contribution is 5.95. The molecule has 0 radical (unpaired) electrons. The Kier molecular flexibility index (Phi) is 21.1. The van der Waals surface area contributed by atoms with E-state index in [0.717, 1.165) is 77.0 Å². The molecular weight excluding hydrogens is 961 g/mol. The molecule has 3 saturated carbocycles. The summed E-state index contributed by atoms with van der Waals surface area (Å²) in [7, 11) is 0. The van der Waals surface area contributed by atoms with Gasteiger partial charge in [-0.05, 0) is 200 Å². The summed E-state index contributed by atoms with van der Waals surface area (Å²) in [5.41, 5.74) is 4.65. The molecule has 3 aromatic carbocycles. The normalized spacial score (nSPS) is 21.7. The van der Waals surface area contributed by atoms with Crippen LogP contribution in [0.1, 0.15) is 134 Å². The number of hydrogen-bond acceptors (Lipinski definition) is 9. The van der Waals surface area contributed by atoms with E-state index < -0.39 is 0 Å². The van der Waals surface area contributed by atoms with Gasteiger partial charge in [0.2, 0.25) is 0 Å². The minimum atomic E-state index is -0.236. The van der Waals surface area contributed by atoms with Crippen molar-refractivity contribution in [2.75, 3.05) is 0 Å². The molecule has 7 rings (SSSR count). The van der Waals surface area contributed by atoms with E-state index in [4.69, 9.17) is 42.8 Å². The van der Waals surface area contributed by atoms with Crippen LogP contribution in [0.5, 0.6) is 17.2 Å². The Morgan fingerprint density at radius 1 is 0.321 bits per heavy atom. The van der Waals surface area contributed by atoms with Gasteiger partial charge in [-0.2, -0.15) is 0 Å². The SMILES string of the molecule is C#CC#CC#CC#CC#CC#Cc1cc2c(O)c(c1)/C=N/C1CCCCC1/N=C/c1cc(C#CC#CC#CC#CC#CC#C)cc(c1O)/C=N/C1CCCCC1/N=C/c1cc(C#CC)cc(c1O)/C=N/C1CCCCC1/N=C/2. The van der Waals surface area contributed by atoms with Crippen molar-refractivity contribution in [1.82, 2.24) is 0 Å². The molecule has 9 heteroatoms. The summed E-state index contributed by atoms with van der Waals surface area (Å²) >= 11 is 0. The minimum absolute atomic E-state index is 0.0122. The molecule has 0 spiro atoms. The first-order chi connectivity index (χ1) is 38.3. The maximum absolute atomic E-state index is 11.9. The van der Waals surface area contributed by atoms with Crippen LogP contribution in [0, 0.1) is 155 Å². The van der Waals surface area contributed by atoms with E-state index in [9.17, 15) is 15.3 Å². The molecule has 1 heterocycles. The topological polar surface area (TPSA) is 135 Å². The number of aromatic hydroxyl groups is 3. The van der Waals surface area contributed by atoms with Gasteiger partial charge >= 0.3 is 0 Å². The maximum Gasteiger partial charge on any atom is 0.133 e. The average molecular weight is 1010 g/mol. The van der Waals surface area contributed by atoms with E-state index in [2.05, 4.69) is 142 Å². The number of terminal acetylenes is 2. The lowest BCUT2D eigenvalue weighted by Gasteiger charge is -2.26. The number of aliphatic imine (C=N–C) groups is 6. The quantitative estimate of drug-likeness (QED) is 0.197. The summed E-state index contributed by atoms with van der Waals surface area (Å²) in [5, 5.41) is 35.5. The maximum atomic E-state index is 11.9. The molecule has 0 amide bonds. The van der Waals surface area contributed by atoms with E-state index in [1.807, 2.05) is 12.1 Å². The number of nitrogens with zero attached hydrogens (tertiary/aromatic N) is 6. The molecule has 6 bridgehead atoms. The van der Waals surface area contributed by atoms with Gasteiger partial charge in [0.15, 0.2) is 0 Å². The van der Waals surface area contributed by atoms with Crippen LogP contribution in [0.25, 0.3) is 0 Å². The highest BCUT2D eigenvalue weighted by Gasteiger charge is 2.27. The van der Waals surface area contributed by atoms with Gasteiger partial charge in [0, 0.05) is 87.4 Å². The van der Waals surface area contributed by atoms with Gasteiger partial charge in [0.1, 0.15) is 17.2 Å². The van der Waals surface area contributed by atoms with Crippen molar-refractivity contribution in [2.24, 2.45) is 30.0 Å². The lowest BCUT2D eigenvalue weighted by Crippen LogP contribution is -2.27. The lowest BCUT2D eigenvalue weighted by atomic mass is 9.91. The van der Waals surface area contributed by atoms with Crippen LogP contribution >= 0.6 is 0 Å². The zero-order valence-electron chi connectivity index (χ0n) is 43.1. The highest BCUT2D eigenvalue weighted by Crippen LogP contribution is 2.31. The Balaban J connectivity index is 1.33. The monoisotopic (exact) mass is 1010 g/mol. The number of fused-ring (bicyclic) bond motifs is 9. The summed E-state index contributed by atoms with van der Waals surface area (Å²) in [6, 6.07) is 9.43. The summed E-state index contributed by atoms with van der Waals surface area (Å²) < 4.78 is 0. The molecule has 1 aliphatic heterocycles. The minimum Gasteiger partial charge on any atom is -0.507 e. The fourth-order valence-electron chi connectivity index (χ4n) is 9.08. The Bertz CT molecular complexity index is 3610. The summed E-state index contributed by atoms with van der Waals surface area (Å²) in [6.07, 6.45) is 30.8. The number of hydrogen-bond donors (Lipinski definition) is 3. The van der Waals surface area contributed by atoms with Crippen LogP contribution in [0.4, 0.5) is 0 Å². The van der Waals surface area contributed by atoms with Gasteiger partial charge in [0.05, 0.1) is 36.3 Å². The average Bonchev–Trinajstić information content (AvgIpc) is 3.48. The Labute approximate surface area is 459 Å². The fourth-order valence-corrected chi connectivity index (χ4v) is 9.08. The van der Waals surface area contributed by atoms with Crippen molar-refractivity contribution < 1.29 is 15.3 Å². The van der Waals surface area contributed by atoms with Crippen LogP contribution in [0.2, 0.25) is 0 Å². The number of phenols is 3. The van der Waals surface area contributed by atoms with Crippen molar-refractivity contribution in [2.45, 2.75) is 120 Å². The standard InChI is InChI=1S/C69H50N6O3/c1-4-7-9-11-13-15-17-19-21-23-32-53-42-57-48-72-63-36-27-25-34-61(63)70-46-55-40-52(31-6-3)41-56(67(55)76)47-71-62-35-26-28-37-64(62)73-49-58-43-54(33-24-22-20-18-16-14-12-10-8-5-2)45-60(69(58)78)51-75-66-39-30-29-38-65(66)74-50-59(44-53)68(57)77/h1-2,40-51,61-66,76-78H,25-30,34-39H2,3H3/b70-46+,71-47+,72-48+,73-49+,74-50+,75-51+. The summed E-state index contributed by atoms with van der Waals surface area (Å²) in [6.45, 7) is 1.77. The molecule has 3 aliphatic carbocycles. The second kappa shape index (κ2) is 29.9. The van der Waals surface area contributed by atoms with Crippen molar-refractivity contribution in [3.63, 3.8) is 0 Å². The van der Waals surface area contributed by atoms with Crippen LogP contribution in [-0.2, 0) is 0 Å². The first-order valence-corrected chi connectivity index (χ1v) is 25.5. The molecule has 9 nitrogen and oxygen atoms in total. The molecule has 6 unspecified atom stereocenters. The van der Waals surface area contributed by atoms with E-state index >= 15 is 0 Å². The van der Waals surface area contributed by atoms with E-state index in [1.165, 1.54) is 0 Å². The molecule has 374 valence electrons. The van der Waals surface area contributed by atoms with Gasteiger partial charge in [0.25, 0.3) is 0 Å². The molecule has 78 heavy (non-hydrogen) atoms. The Hall–Kier alpha value is -10.6. The Morgan fingerprint density at radius 3 is 0.744 bits per heavy atom. The van der Waals surface area contributed by atoms with Crippen molar-refractivity contribution in [3.8, 4) is 172 Å². The lowest BCUT2D eigenvalue weighted by molar-refractivity contribution is 0.389. The van der Waals surface area contributed by atoms with E-state index in [0.29, 0.717) is 50.1 Å². The summed E-state index contributed by atoms with van der Waals surface area (Å²) in [4.78, 5) is 30.3. The van der Waals surface area contributed by atoms with Gasteiger partial charge in [-0.1, -0.05) is 56.3 Å². The second-order valence-corrected chi connectivity index (χ2v) is 18.1. The molecule has 0 saturated heterocycles. The third-order valence-corrected chi connectivity index (χ3v) is 12.8. The molecule has 3 fully saturated rings. The predicted molar refractivity (Wildman–Crippen MR) is 314 cm³/mol. The van der Waals surface area contributed by atoms with Gasteiger partial charge in [-0.15, -0.1) is 18.8 Å². The zero-order chi connectivity index (χ0) is 54.6. The Morgan fingerprint density at radius 2 is 0.526 bits per heavy atom. The molecule has 4 aliphatic rings. The summed E-state index contributed by atoms with van der Waals surface area (Å²) in [5.74, 6) is 63.6. The van der Waals surface area contributed by atoms with Gasteiger partial charge in [-0.25, -0.2) is 0 Å². The first kappa shape index (κ1) is 55.1. The largest absolute Gasteiger partial charge is 0.507 e. The van der Waals surface area contributed by atoms with Crippen molar-refractivity contribution in [1.29, 1.82) is 0 Å². The van der Waals surface area contributed by atoms with Gasteiger partial charge in [-0.3, -0.25) is 30.0 Å². The number of rotatable bonds is 0. The molecule has 3 N–H and O–H groups in total. The van der Waals surface area contributed by atoms with Crippen LogP contribution in [0.15, 0.2) is 66.4 Å². The third kappa shape index (κ3) is 16.7. The highest BCUT2D eigenvalue weighted by atomic mass is 16.3. The van der Waals surface area contributed by atoms with Crippen LogP contribution in [0.3, 0.4) is 0 Å². The third-order valence-electron chi connectivity index (χ3n) is 12.8. The van der Waals surface area contributed by atoms with Crippen molar-refractivity contribution in [3.05, 3.63) is 86.5 Å². The predicted octanol–water partition coefficient (Wildman–Crippen LogP) is 8.03. The molecular formula is C69H50N6O3. The van der Waals surface area contributed by atoms with Crippen LogP contribution < -0.4 is 0 Å². The van der Waals surface area contributed by atoms with Crippen molar-refractivity contribution >= 4 is 37.3 Å². The fraction of sp³-hybridized carbons (Fsp3) is 0.275. The number of phenolic OH excluding ortho intramolecular Hbond substituents is 3.